The lowest BCUT2D eigenvalue weighted by molar-refractivity contribution is -0.161. The quantitative estimate of drug-likeness (QED) is 0.0277. The molecule has 0 spiro atoms. The Morgan fingerprint density at radius 3 is 1.46 bits per heavy atom. The number of unbranched alkanes of at least 4 members (excludes halogenated alkanes) is 5. The van der Waals surface area contributed by atoms with E-state index in [1.165, 1.54) is 6.92 Å². The second-order valence-corrected chi connectivity index (χ2v) is 15.0. The summed E-state index contributed by atoms with van der Waals surface area (Å²) in [5.74, 6) is -0.181. The van der Waals surface area contributed by atoms with Crippen LogP contribution in [0.3, 0.4) is 0 Å². The monoisotopic (exact) mass is 912 g/mol. The van der Waals surface area contributed by atoms with Crippen molar-refractivity contribution in [2.75, 3.05) is 66.1 Å². The molecule has 0 radical (unpaired) electrons. The van der Waals surface area contributed by atoms with Gasteiger partial charge in [0.25, 0.3) is 0 Å². The van der Waals surface area contributed by atoms with Crippen molar-refractivity contribution in [2.24, 2.45) is 0 Å². The van der Waals surface area contributed by atoms with E-state index in [-0.39, 0.29) is 76.8 Å². The van der Waals surface area contributed by atoms with Crippen LogP contribution in [0, 0.1) is 0 Å². The first-order chi connectivity index (χ1) is 31.2. The fourth-order valence-corrected chi connectivity index (χ4v) is 5.09. The molecule has 2 aromatic rings. The van der Waals surface area contributed by atoms with Gasteiger partial charge in [-0.05, 0) is 70.7 Å². The zero-order chi connectivity index (χ0) is 48.1. The molecule has 2 aromatic carbocycles. The van der Waals surface area contributed by atoms with Gasteiger partial charge in [0.2, 0.25) is 0 Å². The van der Waals surface area contributed by atoms with Crippen LogP contribution in [0.4, 0.5) is 0 Å². The zero-order valence-electron chi connectivity index (χ0n) is 39.2. The second kappa shape index (κ2) is 36.6. The number of rotatable bonds is 35. The van der Waals surface area contributed by atoms with Crippen molar-refractivity contribution < 1.29 is 71.3 Å². The summed E-state index contributed by atoms with van der Waals surface area (Å²) in [6, 6.07) is 16.4. The molecule has 0 aliphatic rings. The van der Waals surface area contributed by atoms with Gasteiger partial charge in [-0.2, -0.15) is 0 Å². The number of ether oxygens (including phenoxy) is 10. The predicted octanol–water partition coefficient (Wildman–Crippen LogP) is 8.67. The maximum atomic E-state index is 12.5. The fraction of sp³-hybridized carbons (Fsp3) is 0.540. The molecule has 2 unspecified atom stereocenters. The highest BCUT2D eigenvalue weighted by atomic mass is 16.6. The minimum Gasteiger partial charge on any atom is -0.491 e. The van der Waals surface area contributed by atoms with Gasteiger partial charge < -0.3 is 47.4 Å². The number of carbonyl (C=O) groups excluding carboxylic acids is 5. The van der Waals surface area contributed by atoms with Crippen LogP contribution in [-0.2, 0) is 57.1 Å². The molecule has 0 saturated carbocycles. The van der Waals surface area contributed by atoms with Crippen molar-refractivity contribution in [3.8, 4) is 17.2 Å². The van der Waals surface area contributed by atoms with Gasteiger partial charge >= 0.3 is 29.8 Å². The third-order valence-corrected chi connectivity index (χ3v) is 8.56. The lowest BCUT2D eigenvalue weighted by atomic mass is 10.1. The third-order valence-electron chi connectivity index (χ3n) is 8.56. The molecule has 0 N–H and O–H groups in total. The van der Waals surface area contributed by atoms with Crippen LogP contribution < -0.4 is 14.2 Å². The summed E-state index contributed by atoms with van der Waals surface area (Å²) in [6.45, 7) is 21.2. The second-order valence-electron chi connectivity index (χ2n) is 15.0. The van der Waals surface area contributed by atoms with Crippen LogP contribution in [0.5, 0.6) is 17.2 Å². The van der Waals surface area contributed by atoms with E-state index in [1.807, 2.05) is 37.3 Å². The fourth-order valence-electron chi connectivity index (χ4n) is 5.09. The predicted molar refractivity (Wildman–Crippen MR) is 246 cm³/mol. The van der Waals surface area contributed by atoms with Crippen molar-refractivity contribution in [1.29, 1.82) is 0 Å². The van der Waals surface area contributed by atoms with Gasteiger partial charge in [-0.15, -0.1) is 0 Å². The van der Waals surface area contributed by atoms with E-state index in [0.29, 0.717) is 60.9 Å². The Morgan fingerprint density at radius 1 is 0.462 bits per heavy atom. The lowest BCUT2D eigenvalue weighted by Crippen LogP contribution is -2.30. The first-order valence-electron chi connectivity index (χ1n) is 22.3. The smallest absolute Gasteiger partial charge is 0.333 e. The van der Waals surface area contributed by atoms with Crippen LogP contribution in [0.1, 0.15) is 98.8 Å². The van der Waals surface area contributed by atoms with Crippen LogP contribution in [-0.4, -0.2) is 108 Å². The summed E-state index contributed by atoms with van der Waals surface area (Å²) in [5, 5.41) is 0. The molecule has 0 aliphatic carbocycles. The molecule has 0 aromatic heterocycles. The van der Waals surface area contributed by atoms with Crippen molar-refractivity contribution in [3.63, 3.8) is 0 Å². The molecule has 15 heteroatoms. The maximum absolute atomic E-state index is 12.5. The number of hydrogen-bond donors (Lipinski definition) is 0. The summed E-state index contributed by atoms with van der Waals surface area (Å²) < 4.78 is 55.1. The summed E-state index contributed by atoms with van der Waals surface area (Å²) in [4.78, 5) is 58.8. The average molecular weight is 913 g/mol. The SMILES string of the molecule is C=C(C)C(=O)OCCC.C=C(C)C(=O)OCCCCCCC(=O)OC(COCCOc1cccc(OCCOCC(COc2ccccc2)OC(=O)CCCCC)c1)COC(=O)C(=C)C. The molecule has 2 atom stereocenters. The number of benzene rings is 2. The normalized spacial score (nSPS) is 11.3. The van der Waals surface area contributed by atoms with Crippen molar-refractivity contribution in [1.82, 2.24) is 0 Å². The van der Waals surface area contributed by atoms with E-state index in [0.717, 1.165) is 38.5 Å². The maximum Gasteiger partial charge on any atom is 0.333 e. The first kappa shape index (κ1) is 57.3. The highest BCUT2D eigenvalue weighted by Crippen LogP contribution is 2.19. The third kappa shape index (κ3) is 31.0. The molecule has 0 saturated heterocycles. The van der Waals surface area contributed by atoms with Gasteiger partial charge in [0.1, 0.15) is 43.7 Å². The van der Waals surface area contributed by atoms with Crippen molar-refractivity contribution in [3.05, 3.63) is 91.1 Å². The van der Waals surface area contributed by atoms with Gasteiger partial charge in [0.15, 0.2) is 12.2 Å². The molecule has 0 fully saturated rings. The average Bonchev–Trinajstić information content (AvgIpc) is 3.28. The van der Waals surface area contributed by atoms with Gasteiger partial charge in [0.05, 0.1) is 39.6 Å². The standard InChI is InChI=1S/C43H60O13.C7H12O2/c1-6-7-11-21-40(44)55-38(31-53-35-17-12-10-13-18-35)29-48-24-26-50-36-19-16-20-37(28-36)51-27-25-49-30-39(32-54-43(47)34(4)5)56-41(45)22-14-8-9-15-23-52-42(46)33(2)3;1-4-5-9-7(8)6(2)3/h10,12-13,16-20,28,38-39H,2,4,6-9,11,14-15,21-27,29-32H2,1,3,5H3;2,4-5H2,1,3H3. The summed E-state index contributed by atoms with van der Waals surface area (Å²) >= 11 is 0. The van der Waals surface area contributed by atoms with E-state index in [4.69, 9.17) is 47.4 Å². The minimum absolute atomic E-state index is 0.00684. The van der Waals surface area contributed by atoms with Gasteiger partial charge in [-0.25, -0.2) is 14.4 Å². The molecule has 0 heterocycles. The molecule has 362 valence electrons. The molecular formula is C50H72O15. The Balaban J connectivity index is 0.00000210. The van der Waals surface area contributed by atoms with Gasteiger partial charge in [0, 0.05) is 35.6 Å². The van der Waals surface area contributed by atoms with Crippen LogP contribution in [0.15, 0.2) is 91.1 Å². The highest BCUT2D eigenvalue weighted by molar-refractivity contribution is 5.87. The van der Waals surface area contributed by atoms with E-state index < -0.39 is 30.1 Å². The minimum atomic E-state index is -0.809. The van der Waals surface area contributed by atoms with Crippen molar-refractivity contribution >= 4 is 29.8 Å². The molecule has 0 amide bonds. The largest absolute Gasteiger partial charge is 0.491 e. The highest BCUT2D eigenvalue weighted by Gasteiger charge is 2.19. The Morgan fingerprint density at radius 2 is 0.938 bits per heavy atom. The summed E-state index contributed by atoms with van der Waals surface area (Å²) in [6.07, 6.45) is 5.61. The van der Waals surface area contributed by atoms with Crippen LogP contribution in [0.25, 0.3) is 0 Å². The topological polar surface area (TPSA) is 178 Å². The molecule has 0 aliphatic heterocycles. The Bertz CT molecular complexity index is 1710. The van der Waals surface area contributed by atoms with Gasteiger partial charge in [-0.1, -0.05) is 83.5 Å². The lowest BCUT2D eigenvalue weighted by Gasteiger charge is -2.19. The number of esters is 5. The van der Waals surface area contributed by atoms with E-state index >= 15 is 0 Å². The zero-order valence-corrected chi connectivity index (χ0v) is 39.2. The Labute approximate surface area is 385 Å². The molecule has 65 heavy (non-hydrogen) atoms. The number of hydrogen-bond acceptors (Lipinski definition) is 15. The van der Waals surface area contributed by atoms with E-state index in [1.54, 1.807) is 38.1 Å². The van der Waals surface area contributed by atoms with E-state index in [9.17, 15) is 24.0 Å². The number of carbonyl (C=O) groups is 5. The first-order valence-corrected chi connectivity index (χ1v) is 22.3. The van der Waals surface area contributed by atoms with Crippen LogP contribution in [0.2, 0.25) is 0 Å². The molecular weight excluding hydrogens is 841 g/mol. The van der Waals surface area contributed by atoms with Crippen molar-refractivity contribution in [2.45, 2.75) is 111 Å². The molecule has 2 rings (SSSR count). The Kier molecular flexibility index (Phi) is 32.3. The number of para-hydroxylation sites is 1. The Hall–Kier alpha value is -5.67. The van der Waals surface area contributed by atoms with Gasteiger partial charge in [-0.3, -0.25) is 9.59 Å². The summed E-state index contributed by atoms with van der Waals surface area (Å²) in [5.41, 5.74) is 1.05. The van der Waals surface area contributed by atoms with E-state index in [2.05, 4.69) is 26.7 Å². The van der Waals surface area contributed by atoms with Crippen LogP contribution >= 0.6 is 0 Å². The summed E-state index contributed by atoms with van der Waals surface area (Å²) in [7, 11) is 0. The molecule has 0 bridgehead atoms. The molecule has 15 nitrogen and oxygen atoms in total.